The summed E-state index contributed by atoms with van der Waals surface area (Å²) in [5.41, 5.74) is -0.671. The Morgan fingerprint density at radius 1 is 1.50 bits per heavy atom. The number of hydrogen-bond donors (Lipinski definition) is 1. The highest BCUT2D eigenvalue weighted by atomic mass is 16.6. The van der Waals surface area contributed by atoms with Crippen LogP contribution >= 0.6 is 0 Å². The zero-order chi connectivity index (χ0) is 12.2. The summed E-state index contributed by atoms with van der Waals surface area (Å²) >= 11 is 0. The topological polar surface area (TPSA) is 38.3 Å². The smallest absolute Gasteiger partial charge is 0.408 e. The van der Waals surface area contributed by atoms with Crippen molar-refractivity contribution in [2.45, 2.75) is 51.2 Å². The van der Waals surface area contributed by atoms with E-state index < -0.39 is 5.60 Å². The van der Waals surface area contributed by atoms with Gasteiger partial charge in [0, 0.05) is 0 Å². The quantitative estimate of drug-likeness (QED) is 0.746. The van der Waals surface area contributed by atoms with Crippen LogP contribution in [-0.4, -0.2) is 17.2 Å². The Morgan fingerprint density at radius 2 is 2.06 bits per heavy atom. The Hall–Kier alpha value is -1.25. The number of amides is 1. The van der Waals surface area contributed by atoms with Crippen LogP contribution in [0.5, 0.6) is 0 Å². The van der Waals surface area contributed by atoms with Gasteiger partial charge in [0.25, 0.3) is 0 Å². The van der Waals surface area contributed by atoms with E-state index in [0.717, 1.165) is 19.3 Å². The van der Waals surface area contributed by atoms with Crippen LogP contribution in [0, 0.1) is 0 Å². The molecule has 0 fully saturated rings. The third kappa shape index (κ3) is 3.72. The van der Waals surface area contributed by atoms with Crippen molar-refractivity contribution in [3.63, 3.8) is 0 Å². The van der Waals surface area contributed by atoms with E-state index in [0.29, 0.717) is 0 Å². The third-order valence-corrected chi connectivity index (χ3v) is 2.49. The van der Waals surface area contributed by atoms with E-state index in [1.165, 1.54) is 0 Å². The highest BCUT2D eigenvalue weighted by molar-refractivity contribution is 5.69. The lowest BCUT2D eigenvalue weighted by molar-refractivity contribution is 0.0461. The van der Waals surface area contributed by atoms with Gasteiger partial charge < -0.3 is 10.1 Å². The molecule has 3 heteroatoms. The van der Waals surface area contributed by atoms with Crippen molar-refractivity contribution in [2.24, 2.45) is 0 Å². The monoisotopic (exact) mass is 223 g/mol. The maximum atomic E-state index is 11.7. The molecule has 0 unspecified atom stereocenters. The van der Waals surface area contributed by atoms with Crippen LogP contribution in [0.25, 0.3) is 0 Å². The second-order valence-electron chi connectivity index (χ2n) is 5.28. The van der Waals surface area contributed by atoms with Gasteiger partial charge in [-0.05, 0) is 40.0 Å². The van der Waals surface area contributed by atoms with E-state index in [1.807, 2.05) is 26.8 Å². The van der Waals surface area contributed by atoms with Crippen LogP contribution in [0.1, 0.15) is 40.0 Å². The van der Waals surface area contributed by atoms with Crippen molar-refractivity contribution in [3.8, 4) is 0 Å². The molecule has 0 aromatic heterocycles. The molecule has 1 rings (SSSR count). The first-order chi connectivity index (χ1) is 7.37. The molecule has 16 heavy (non-hydrogen) atoms. The Morgan fingerprint density at radius 3 is 2.50 bits per heavy atom. The van der Waals surface area contributed by atoms with Gasteiger partial charge >= 0.3 is 6.09 Å². The number of carbonyl (C=O) groups excluding carboxylic acids is 1. The van der Waals surface area contributed by atoms with Crippen molar-refractivity contribution in [3.05, 3.63) is 24.8 Å². The average Bonchev–Trinajstić information content (AvgIpc) is 2.49. The Labute approximate surface area is 97.6 Å². The minimum absolute atomic E-state index is 0.218. The molecule has 0 aromatic carbocycles. The maximum absolute atomic E-state index is 11.7. The van der Waals surface area contributed by atoms with Gasteiger partial charge in [0.2, 0.25) is 0 Å². The van der Waals surface area contributed by atoms with Crippen molar-refractivity contribution in [2.75, 3.05) is 0 Å². The number of rotatable bonds is 3. The fourth-order valence-corrected chi connectivity index (χ4v) is 1.82. The molecule has 90 valence electrons. The molecule has 0 aliphatic heterocycles. The van der Waals surface area contributed by atoms with E-state index >= 15 is 0 Å². The van der Waals surface area contributed by atoms with Crippen LogP contribution in [0.2, 0.25) is 0 Å². The summed E-state index contributed by atoms with van der Waals surface area (Å²) in [6, 6.07) is 0. The molecular weight excluding hydrogens is 202 g/mol. The zero-order valence-electron chi connectivity index (χ0n) is 10.4. The summed E-state index contributed by atoms with van der Waals surface area (Å²) in [6.45, 7) is 9.31. The second kappa shape index (κ2) is 4.73. The van der Waals surface area contributed by atoms with Crippen LogP contribution in [0.4, 0.5) is 4.79 Å². The molecule has 0 saturated carbocycles. The van der Waals surface area contributed by atoms with Gasteiger partial charge in [-0.1, -0.05) is 18.2 Å². The van der Waals surface area contributed by atoms with Gasteiger partial charge in [-0.25, -0.2) is 4.79 Å². The van der Waals surface area contributed by atoms with Gasteiger partial charge in [0.1, 0.15) is 5.60 Å². The van der Waals surface area contributed by atoms with Crippen molar-refractivity contribution in [1.82, 2.24) is 5.32 Å². The first-order valence-electron chi connectivity index (χ1n) is 5.64. The largest absolute Gasteiger partial charge is 0.444 e. The first-order valence-corrected chi connectivity index (χ1v) is 5.64. The summed E-state index contributed by atoms with van der Waals surface area (Å²) in [5.74, 6) is 0. The predicted molar refractivity (Wildman–Crippen MR) is 65.3 cm³/mol. The van der Waals surface area contributed by atoms with Crippen LogP contribution in [-0.2, 0) is 4.74 Å². The van der Waals surface area contributed by atoms with Gasteiger partial charge in [-0.3, -0.25) is 0 Å². The fraction of sp³-hybridized carbons (Fsp3) is 0.615. The van der Waals surface area contributed by atoms with Crippen LogP contribution in [0.15, 0.2) is 24.8 Å². The van der Waals surface area contributed by atoms with Crippen molar-refractivity contribution >= 4 is 6.09 Å². The van der Waals surface area contributed by atoms with E-state index in [1.54, 1.807) is 0 Å². The molecule has 1 amide bonds. The average molecular weight is 223 g/mol. The van der Waals surface area contributed by atoms with E-state index in [9.17, 15) is 4.79 Å². The van der Waals surface area contributed by atoms with Crippen molar-refractivity contribution < 1.29 is 9.53 Å². The van der Waals surface area contributed by atoms with E-state index in [-0.39, 0.29) is 11.6 Å². The SMILES string of the molecule is C=CCC1(NC(=O)OC(C)(C)C)CC=CC1. The molecule has 0 heterocycles. The summed E-state index contributed by atoms with van der Waals surface area (Å²) in [5, 5.41) is 2.95. The fourth-order valence-electron chi connectivity index (χ4n) is 1.82. The third-order valence-electron chi connectivity index (χ3n) is 2.49. The maximum Gasteiger partial charge on any atom is 0.408 e. The highest BCUT2D eigenvalue weighted by Gasteiger charge is 2.32. The summed E-state index contributed by atoms with van der Waals surface area (Å²) < 4.78 is 5.26. The molecule has 0 atom stereocenters. The number of alkyl carbamates (subject to hydrolysis) is 1. The molecule has 1 aliphatic rings. The molecule has 0 aromatic rings. The molecule has 3 nitrogen and oxygen atoms in total. The molecular formula is C13H21NO2. The molecule has 0 radical (unpaired) electrons. The summed E-state index contributed by atoms with van der Waals surface area (Å²) in [7, 11) is 0. The van der Waals surface area contributed by atoms with Crippen LogP contribution in [0.3, 0.4) is 0 Å². The molecule has 1 aliphatic carbocycles. The van der Waals surface area contributed by atoms with Gasteiger partial charge in [-0.2, -0.15) is 0 Å². The zero-order valence-corrected chi connectivity index (χ0v) is 10.4. The van der Waals surface area contributed by atoms with Crippen molar-refractivity contribution in [1.29, 1.82) is 0 Å². The predicted octanol–water partition coefficient (Wildman–Crippen LogP) is 3.18. The Balaban J connectivity index is 2.56. The number of hydrogen-bond acceptors (Lipinski definition) is 2. The van der Waals surface area contributed by atoms with Gasteiger partial charge in [0.05, 0.1) is 5.54 Å². The lowest BCUT2D eigenvalue weighted by Gasteiger charge is -2.30. The van der Waals surface area contributed by atoms with E-state index in [2.05, 4.69) is 24.0 Å². The molecule has 1 N–H and O–H groups in total. The summed E-state index contributed by atoms with van der Waals surface area (Å²) in [6.07, 6.45) is 8.11. The summed E-state index contributed by atoms with van der Waals surface area (Å²) in [4.78, 5) is 11.7. The lowest BCUT2D eigenvalue weighted by atomic mass is 9.92. The second-order valence-corrected chi connectivity index (χ2v) is 5.28. The first kappa shape index (κ1) is 12.8. The Kier molecular flexibility index (Phi) is 3.79. The Bertz CT molecular complexity index is 292. The lowest BCUT2D eigenvalue weighted by Crippen LogP contribution is -2.48. The minimum Gasteiger partial charge on any atom is -0.444 e. The minimum atomic E-state index is -0.453. The normalized spacial score (nSPS) is 18.2. The molecule has 0 spiro atoms. The molecule has 0 saturated heterocycles. The van der Waals surface area contributed by atoms with Gasteiger partial charge in [0.15, 0.2) is 0 Å². The number of nitrogens with one attached hydrogen (secondary N) is 1. The van der Waals surface area contributed by atoms with Crippen LogP contribution < -0.4 is 5.32 Å². The number of ether oxygens (including phenoxy) is 1. The molecule has 0 bridgehead atoms. The highest BCUT2D eigenvalue weighted by Crippen LogP contribution is 2.28. The van der Waals surface area contributed by atoms with E-state index in [4.69, 9.17) is 4.74 Å². The standard InChI is InChI=1S/C13H21NO2/c1-5-8-13(9-6-7-10-13)14-11(15)16-12(2,3)4/h5-7H,1,8-10H2,2-4H3,(H,14,15). The number of carbonyl (C=O) groups is 1. The van der Waals surface area contributed by atoms with Gasteiger partial charge in [-0.15, -0.1) is 6.58 Å².